The number of anilines is 1. The third-order valence-electron chi connectivity index (χ3n) is 7.25. The second-order valence-corrected chi connectivity index (χ2v) is 9.67. The van der Waals surface area contributed by atoms with Crippen LogP contribution in [0.5, 0.6) is 0 Å². The fourth-order valence-corrected chi connectivity index (χ4v) is 6.02. The molecular weight excluding hydrogens is 456 g/mol. The summed E-state index contributed by atoms with van der Waals surface area (Å²) in [5.74, 6) is -3.33. The first kappa shape index (κ1) is 22.6. The van der Waals surface area contributed by atoms with Crippen molar-refractivity contribution in [2.45, 2.75) is 37.8 Å². The van der Waals surface area contributed by atoms with Crippen LogP contribution in [0, 0.1) is 18.8 Å². The molecule has 3 aliphatic heterocycles. The highest BCUT2D eigenvalue weighted by Gasteiger charge is 2.70. The second kappa shape index (κ2) is 8.21. The minimum absolute atomic E-state index is 0.0332. The third-order valence-corrected chi connectivity index (χ3v) is 7.46. The molecule has 0 unspecified atom stereocenters. The summed E-state index contributed by atoms with van der Waals surface area (Å²) in [6, 6.07) is 12.4. The molecule has 2 aromatic carbocycles. The number of benzene rings is 2. The van der Waals surface area contributed by atoms with Crippen LogP contribution in [-0.4, -0.2) is 41.1 Å². The molecule has 4 N–H and O–H groups in total. The topological polar surface area (TPSA) is 122 Å². The van der Waals surface area contributed by atoms with E-state index in [-0.39, 0.29) is 31.2 Å². The van der Waals surface area contributed by atoms with Gasteiger partial charge in [0, 0.05) is 35.3 Å². The van der Waals surface area contributed by atoms with E-state index in [1.165, 1.54) is 4.90 Å². The lowest BCUT2D eigenvalue weighted by molar-refractivity contribution is -0.142. The predicted molar refractivity (Wildman–Crippen MR) is 126 cm³/mol. The number of nitrogens with two attached hydrogens (primary N) is 1. The molecule has 2 aromatic rings. The number of hydrogen-bond acceptors (Lipinski definition) is 5. The molecule has 2 saturated heterocycles. The maximum atomic E-state index is 13.7. The molecule has 0 aliphatic carbocycles. The largest absolute Gasteiger partial charge is 0.370 e. The Balaban J connectivity index is 1.55. The van der Waals surface area contributed by atoms with Crippen LogP contribution in [0.1, 0.15) is 29.5 Å². The number of primary amides is 1. The van der Waals surface area contributed by atoms with Gasteiger partial charge in [0.1, 0.15) is 5.54 Å². The predicted octanol–water partition coefficient (Wildman–Crippen LogP) is 1.88. The smallest absolute Gasteiger partial charge is 0.250 e. The highest BCUT2D eigenvalue weighted by Crippen LogP contribution is 2.54. The molecule has 0 radical (unpaired) electrons. The lowest BCUT2D eigenvalue weighted by atomic mass is 9.76. The Labute approximate surface area is 201 Å². The molecule has 4 amide bonds. The maximum absolute atomic E-state index is 13.7. The lowest BCUT2D eigenvalue weighted by Gasteiger charge is -2.29. The van der Waals surface area contributed by atoms with Crippen LogP contribution in [0.25, 0.3) is 0 Å². The molecule has 0 saturated carbocycles. The summed E-state index contributed by atoms with van der Waals surface area (Å²) in [4.78, 5) is 53.6. The molecular formula is C25H25ClN4O4. The number of nitrogens with one attached hydrogen (secondary N) is 2. The molecule has 5 rings (SSSR count). The number of rotatable bonds is 6. The Morgan fingerprint density at radius 2 is 1.88 bits per heavy atom. The van der Waals surface area contributed by atoms with Crippen LogP contribution < -0.4 is 16.4 Å². The summed E-state index contributed by atoms with van der Waals surface area (Å²) in [5.41, 5.74) is 6.86. The molecule has 3 aliphatic rings. The zero-order valence-electron chi connectivity index (χ0n) is 18.6. The van der Waals surface area contributed by atoms with Crippen molar-refractivity contribution in [2.75, 3.05) is 11.9 Å². The highest BCUT2D eigenvalue weighted by molar-refractivity contribution is 6.31. The summed E-state index contributed by atoms with van der Waals surface area (Å²) in [7, 11) is 0. The minimum atomic E-state index is -1.44. The molecule has 4 atom stereocenters. The van der Waals surface area contributed by atoms with Gasteiger partial charge in [0.15, 0.2) is 0 Å². The zero-order chi connectivity index (χ0) is 24.2. The van der Waals surface area contributed by atoms with E-state index in [1.807, 2.05) is 37.3 Å². The Bertz CT molecular complexity index is 1220. The number of fused-ring (bicyclic) bond motifs is 4. The SMILES string of the molecule is Cc1cc(Cl)cc2c1NC(=O)[C@]21N[C@H](CCC(N)=O)[C@H]2C(=O)N(CCc3ccccc3)C(=O)[C@H]21. The van der Waals surface area contributed by atoms with Gasteiger partial charge in [-0.05, 0) is 43.0 Å². The lowest BCUT2D eigenvalue weighted by Crippen LogP contribution is -2.53. The molecule has 0 aromatic heterocycles. The van der Waals surface area contributed by atoms with Crippen molar-refractivity contribution in [3.8, 4) is 0 Å². The van der Waals surface area contributed by atoms with Crippen LogP contribution >= 0.6 is 11.6 Å². The number of carbonyl (C=O) groups excluding carboxylic acids is 4. The molecule has 1 spiro atoms. The number of hydrogen-bond donors (Lipinski definition) is 3. The van der Waals surface area contributed by atoms with E-state index < -0.39 is 35.2 Å². The van der Waals surface area contributed by atoms with Crippen LogP contribution in [-0.2, 0) is 31.1 Å². The average molecular weight is 481 g/mol. The number of carbonyl (C=O) groups is 4. The van der Waals surface area contributed by atoms with E-state index in [0.29, 0.717) is 22.7 Å². The van der Waals surface area contributed by atoms with Crippen molar-refractivity contribution in [2.24, 2.45) is 17.6 Å². The standard InChI is InChI=1S/C25H25ClN4O4/c1-13-11-15(26)12-16-21(13)28-24(34)25(16)20-19(17(29-25)7-8-18(27)31)22(32)30(23(20)33)10-9-14-5-3-2-4-6-14/h2-6,11-12,17,19-20,29H,7-10H2,1H3,(H2,27,31)(H,28,34)/t17-,19-,20+,25+/m1/s1. The minimum Gasteiger partial charge on any atom is -0.370 e. The fourth-order valence-electron chi connectivity index (χ4n) is 5.75. The summed E-state index contributed by atoms with van der Waals surface area (Å²) in [6.07, 6.45) is 0.787. The van der Waals surface area contributed by atoms with Gasteiger partial charge < -0.3 is 11.1 Å². The van der Waals surface area contributed by atoms with Crippen molar-refractivity contribution in [3.05, 3.63) is 64.2 Å². The van der Waals surface area contributed by atoms with Gasteiger partial charge in [-0.1, -0.05) is 41.9 Å². The molecule has 2 fully saturated rings. The fraction of sp³-hybridized carbons (Fsp3) is 0.360. The normalized spacial score (nSPS) is 27.3. The number of nitrogens with zero attached hydrogens (tertiary/aromatic N) is 1. The van der Waals surface area contributed by atoms with E-state index >= 15 is 0 Å². The molecule has 3 heterocycles. The third kappa shape index (κ3) is 3.32. The first-order valence-electron chi connectivity index (χ1n) is 11.3. The van der Waals surface area contributed by atoms with Gasteiger partial charge in [-0.3, -0.25) is 29.4 Å². The van der Waals surface area contributed by atoms with Crippen LogP contribution in [0.4, 0.5) is 5.69 Å². The number of halogens is 1. The Kier molecular flexibility index (Phi) is 5.45. The van der Waals surface area contributed by atoms with E-state index in [2.05, 4.69) is 10.6 Å². The highest BCUT2D eigenvalue weighted by atomic mass is 35.5. The van der Waals surface area contributed by atoms with Crippen molar-refractivity contribution in [1.82, 2.24) is 10.2 Å². The van der Waals surface area contributed by atoms with Gasteiger partial charge in [0.2, 0.25) is 23.6 Å². The van der Waals surface area contributed by atoms with Crippen molar-refractivity contribution in [1.29, 1.82) is 0 Å². The number of likely N-dealkylation sites (tertiary alicyclic amines) is 1. The molecule has 34 heavy (non-hydrogen) atoms. The van der Waals surface area contributed by atoms with E-state index in [9.17, 15) is 19.2 Å². The Hall–Kier alpha value is -3.23. The molecule has 9 heteroatoms. The number of amides is 4. The molecule has 8 nitrogen and oxygen atoms in total. The first-order chi connectivity index (χ1) is 16.2. The summed E-state index contributed by atoms with van der Waals surface area (Å²) < 4.78 is 0. The van der Waals surface area contributed by atoms with Crippen molar-refractivity contribution >= 4 is 40.9 Å². The Morgan fingerprint density at radius 3 is 2.59 bits per heavy atom. The molecule has 176 valence electrons. The van der Waals surface area contributed by atoms with E-state index in [1.54, 1.807) is 12.1 Å². The average Bonchev–Trinajstić information content (AvgIpc) is 3.37. The second-order valence-electron chi connectivity index (χ2n) is 9.23. The van der Waals surface area contributed by atoms with Gasteiger partial charge in [0.25, 0.3) is 0 Å². The van der Waals surface area contributed by atoms with Gasteiger partial charge in [-0.15, -0.1) is 0 Å². The number of imide groups is 1. The Morgan fingerprint density at radius 1 is 1.15 bits per heavy atom. The summed E-state index contributed by atoms with van der Waals surface area (Å²) >= 11 is 6.34. The summed E-state index contributed by atoms with van der Waals surface area (Å²) in [6.45, 7) is 2.05. The van der Waals surface area contributed by atoms with Gasteiger partial charge in [-0.25, -0.2) is 0 Å². The van der Waals surface area contributed by atoms with Gasteiger partial charge in [0.05, 0.1) is 11.8 Å². The molecule has 0 bridgehead atoms. The quantitative estimate of drug-likeness (QED) is 0.545. The first-order valence-corrected chi connectivity index (χ1v) is 11.7. The summed E-state index contributed by atoms with van der Waals surface area (Å²) in [5, 5.41) is 6.62. The van der Waals surface area contributed by atoms with Crippen LogP contribution in [0.3, 0.4) is 0 Å². The van der Waals surface area contributed by atoms with E-state index in [0.717, 1.165) is 11.1 Å². The van der Waals surface area contributed by atoms with Crippen LogP contribution in [0.2, 0.25) is 5.02 Å². The maximum Gasteiger partial charge on any atom is 0.250 e. The monoisotopic (exact) mass is 480 g/mol. The van der Waals surface area contributed by atoms with Crippen molar-refractivity contribution in [3.63, 3.8) is 0 Å². The van der Waals surface area contributed by atoms with Gasteiger partial charge in [-0.2, -0.15) is 0 Å². The van der Waals surface area contributed by atoms with E-state index in [4.69, 9.17) is 17.3 Å². The number of aryl methyl sites for hydroxylation is 1. The zero-order valence-corrected chi connectivity index (χ0v) is 19.4. The van der Waals surface area contributed by atoms with Crippen LogP contribution in [0.15, 0.2) is 42.5 Å². The van der Waals surface area contributed by atoms with Gasteiger partial charge >= 0.3 is 0 Å². The van der Waals surface area contributed by atoms with Crippen molar-refractivity contribution < 1.29 is 19.2 Å².